The van der Waals surface area contributed by atoms with E-state index in [1.165, 1.54) is 19.3 Å². The Morgan fingerprint density at radius 1 is 1.50 bits per heavy atom. The zero-order valence-electron chi connectivity index (χ0n) is 9.21. The van der Waals surface area contributed by atoms with Gasteiger partial charge in [0.2, 0.25) is 5.89 Å². The first-order chi connectivity index (χ1) is 6.58. The van der Waals surface area contributed by atoms with Gasteiger partial charge in [0.1, 0.15) is 0 Å². The molecule has 0 aromatic carbocycles. The molecule has 1 fully saturated rings. The molecule has 0 unspecified atom stereocenters. The second kappa shape index (κ2) is 3.37. The summed E-state index contributed by atoms with van der Waals surface area (Å²) in [5.41, 5.74) is 0.453. The van der Waals surface area contributed by atoms with Crippen LogP contribution in [0.1, 0.15) is 44.8 Å². The molecule has 1 aliphatic carbocycles. The Morgan fingerprint density at radius 2 is 2.29 bits per heavy atom. The van der Waals surface area contributed by atoms with Crippen LogP contribution in [0.25, 0.3) is 0 Å². The molecule has 1 heterocycles. The third-order valence-corrected chi connectivity index (χ3v) is 3.48. The molecule has 1 aromatic rings. The van der Waals surface area contributed by atoms with Crippen molar-refractivity contribution < 1.29 is 4.52 Å². The molecule has 1 atom stereocenters. The van der Waals surface area contributed by atoms with E-state index in [1.807, 2.05) is 6.92 Å². The molecule has 0 N–H and O–H groups in total. The fraction of sp³-hybridized carbons (Fsp3) is 0.818. The maximum atomic E-state index is 4.98. The standard InChI is InChI=1S/C11H18N2O/c1-8-12-10(13-14-8)7-9-5-4-6-11(9,2)3/h9H,4-7H2,1-3H3/t9-/m1/s1. The van der Waals surface area contributed by atoms with Crippen LogP contribution in [-0.2, 0) is 6.42 Å². The molecule has 0 saturated heterocycles. The molecule has 0 spiro atoms. The molecule has 2 rings (SSSR count). The molecule has 1 aromatic heterocycles. The number of rotatable bonds is 2. The van der Waals surface area contributed by atoms with E-state index in [4.69, 9.17) is 4.52 Å². The third-order valence-electron chi connectivity index (χ3n) is 3.48. The van der Waals surface area contributed by atoms with Crippen molar-refractivity contribution in [2.45, 2.75) is 46.5 Å². The van der Waals surface area contributed by atoms with Crippen LogP contribution >= 0.6 is 0 Å². The number of nitrogens with zero attached hydrogens (tertiary/aromatic N) is 2. The van der Waals surface area contributed by atoms with Gasteiger partial charge in [0.25, 0.3) is 0 Å². The highest BCUT2D eigenvalue weighted by Crippen LogP contribution is 2.43. The predicted octanol–water partition coefficient (Wildman–Crippen LogP) is 2.75. The molecule has 1 saturated carbocycles. The van der Waals surface area contributed by atoms with Crippen LogP contribution in [0.5, 0.6) is 0 Å². The Bertz CT molecular complexity index is 317. The molecule has 0 amide bonds. The highest BCUT2D eigenvalue weighted by atomic mass is 16.5. The second-order valence-corrected chi connectivity index (χ2v) is 5.01. The average molecular weight is 194 g/mol. The summed E-state index contributed by atoms with van der Waals surface area (Å²) in [6.45, 7) is 6.53. The van der Waals surface area contributed by atoms with Gasteiger partial charge in [0.15, 0.2) is 5.82 Å². The minimum absolute atomic E-state index is 0.453. The summed E-state index contributed by atoms with van der Waals surface area (Å²) in [4.78, 5) is 4.26. The van der Waals surface area contributed by atoms with E-state index in [0.717, 1.165) is 18.2 Å². The van der Waals surface area contributed by atoms with Crippen molar-refractivity contribution in [2.75, 3.05) is 0 Å². The van der Waals surface area contributed by atoms with Crippen molar-refractivity contribution in [3.05, 3.63) is 11.7 Å². The molecule has 1 aliphatic rings. The van der Waals surface area contributed by atoms with Gasteiger partial charge in [-0.3, -0.25) is 0 Å². The number of aromatic nitrogens is 2. The summed E-state index contributed by atoms with van der Waals surface area (Å²) in [7, 11) is 0. The fourth-order valence-electron chi connectivity index (χ4n) is 2.42. The van der Waals surface area contributed by atoms with Crippen LogP contribution in [-0.4, -0.2) is 10.1 Å². The summed E-state index contributed by atoms with van der Waals surface area (Å²) >= 11 is 0. The summed E-state index contributed by atoms with van der Waals surface area (Å²) in [6, 6.07) is 0. The van der Waals surface area contributed by atoms with Gasteiger partial charge in [-0.15, -0.1) is 0 Å². The number of hydrogen-bond donors (Lipinski definition) is 0. The first-order valence-corrected chi connectivity index (χ1v) is 5.37. The SMILES string of the molecule is Cc1nc(C[C@H]2CCCC2(C)C)no1. The van der Waals surface area contributed by atoms with Crippen LogP contribution in [0.15, 0.2) is 4.52 Å². The van der Waals surface area contributed by atoms with Gasteiger partial charge in [-0.2, -0.15) is 4.98 Å². The Morgan fingerprint density at radius 3 is 2.79 bits per heavy atom. The first kappa shape index (κ1) is 9.69. The first-order valence-electron chi connectivity index (χ1n) is 5.37. The van der Waals surface area contributed by atoms with Gasteiger partial charge in [0.05, 0.1) is 0 Å². The van der Waals surface area contributed by atoms with Gasteiger partial charge in [0, 0.05) is 13.3 Å². The van der Waals surface area contributed by atoms with Crippen molar-refractivity contribution >= 4 is 0 Å². The van der Waals surface area contributed by atoms with Gasteiger partial charge >= 0.3 is 0 Å². The lowest BCUT2D eigenvalue weighted by Gasteiger charge is -2.25. The summed E-state index contributed by atoms with van der Waals surface area (Å²) in [6.07, 6.45) is 4.95. The van der Waals surface area contributed by atoms with E-state index >= 15 is 0 Å². The third kappa shape index (κ3) is 1.81. The minimum atomic E-state index is 0.453. The van der Waals surface area contributed by atoms with E-state index in [-0.39, 0.29) is 0 Å². The maximum Gasteiger partial charge on any atom is 0.223 e. The Labute approximate surface area is 84.9 Å². The largest absolute Gasteiger partial charge is 0.340 e. The van der Waals surface area contributed by atoms with Crippen LogP contribution in [0.2, 0.25) is 0 Å². The minimum Gasteiger partial charge on any atom is -0.340 e. The molecule has 0 radical (unpaired) electrons. The van der Waals surface area contributed by atoms with Crippen molar-refractivity contribution in [2.24, 2.45) is 11.3 Å². The van der Waals surface area contributed by atoms with E-state index in [1.54, 1.807) is 0 Å². The van der Waals surface area contributed by atoms with Gasteiger partial charge < -0.3 is 4.52 Å². The maximum absolute atomic E-state index is 4.98. The summed E-state index contributed by atoms with van der Waals surface area (Å²) in [5, 5.41) is 3.96. The van der Waals surface area contributed by atoms with Gasteiger partial charge in [-0.25, -0.2) is 0 Å². The van der Waals surface area contributed by atoms with E-state index in [0.29, 0.717) is 11.3 Å². The lowest BCUT2D eigenvalue weighted by Crippen LogP contribution is -2.19. The van der Waals surface area contributed by atoms with Gasteiger partial charge in [-0.1, -0.05) is 25.4 Å². The quantitative estimate of drug-likeness (QED) is 0.726. The van der Waals surface area contributed by atoms with Crippen LogP contribution in [0.3, 0.4) is 0 Å². The Balaban J connectivity index is 2.04. The molecular weight excluding hydrogens is 176 g/mol. The Hall–Kier alpha value is -0.860. The molecule has 3 heteroatoms. The van der Waals surface area contributed by atoms with E-state index in [2.05, 4.69) is 24.0 Å². The predicted molar refractivity (Wildman–Crippen MR) is 53.9 cm³/mol. The summed E-state index contributed by atoms with van der Waals surface area (Å²) in [5.74, 6) is 2.28. The summed E-state index contributed by atoms with van der Waals surface area (Å²) < 4.78 is 4.98. The average Bonchev–Trinajstić information content (AvgIpc) is 2.61. The lowest BCUT2D eigenvalue weighted by atomic mass is 9.80. The highest BCUT2D eigenvalue weighted by molar-refractivity contribution is 4.93. The van der Waals surface area contributed by atoms with Crippen LogP contribution in [0, 0.1) is 18.3 Å². The van der Waals surface area contributed by atoms with E-state index < -0.39 is 0 Å². The monoisotopic (exact) mass is 194 g/mol. The lowest BCUT2D eigenvalue weighted by molar-refractivity contribution is 0.252. The number of aryl methyl sites for hydroxylation is 1. The molecule has 0 bridgehead atoms. The molecular formula is C11H18N2O. The second-order valence-electron chi connectivity index (χ2n) is 5.01. The van der Waals surface area contributed by atoms with Crippen LogP contribution < -0.4 is 0 Å². The zero-order valence-corrected chi connectivity index (χ0v) is 9.21. The normalized spacial score (nSPS) is 25.5. The van der Waals surface area contributed by atoms with Crippen LogP contribution in [0.4, 0.5) is 0 Å². The Kier molecular flexibility index (Phi) is 2.33. The topological polar surface area (TPSA) is 38.9 Å². The van der Waals surface area contributed by atoms with Crippen molar-refractivity contribution in [3.63, 3.8) is 0 Å². The fourth-order valence-corrected chi connectivity index (χ4v) is 2.42. The van der Waals surface area contributed by atoms with Crippen molar-refractivity contribution in [1.29, 1.82) is 0 Å². The van der Waals surface area contributed by atoms with Gasteiger partial charge in [-0.05, 0) is 24.2 Å². The van der Waals surface area contributed by atoms with Crippen molar-refractivity contribution in [3.8, 4) is 0 Å². The molecule has 14 heavy (non-hydrogen) atoms. The molecule has 0 aliphatic heterocycles. The van der Waals surface area contributed by atoms with Crippen molar-refractivity contribution in [1.82, 2.24) is 10.1 Å². The molecule has 3 nitrogen and oxygen atoms in total. The van der Waals surface area contributed by atoms with E-state index in [9.17, 15) is 0 Å². The number of hydrogen-bond acceptors (Lipinski definition) is 3. The highest BCUT2D eigenvalue weighted by Gasteiger charge is 2.35. The zero-order chi connectivity index (χ0) is 10.2. The molecule has 78 valence electrons. The smallest absolute Gasteiger partial charge is 0.223 e.